The molecular formula is C30H34N2O3S. The number of hydrogen-bond donors (Lipinski definition) is 1. The van der Waals surface area contributed by atoms with Crippen molar-refractivity contribution in [2.24, 2.45) is 5.92 Å². The Labute approximate surface area is 218 Å². The summed E-state index contributed by atoms with van der Waals surface area (Å²) in [5.41, 5.74) is 4.57. The van der Waals surface area contributed by atoms with Crippen molar-refractivity contribution in [1.29, 1.82) is 0 Å². The van der Waals surface area contributed by atoms with Crippen molar-refractivity contribution in [3.05, 3.63) is 107 Å². The molecule has 1 aliphatic carbocycles. The number of hydrogen-bond acceptors (Lipinski definition) is 4. The van der Waals surface area contributed by atoms with E-state index in [0.29, 0.717) is 24.9 Å². The fourth-order valence-electron chi connectivity index (χ4n) is 4.65. The fraction of sp³-hybridized carbons (Fsp3) is 0.333. The van der Waals surface area contributed by atoms with Gasteiger partial charge in [-0.25, -0.2) is 9.10 Å². The van der Waals surface area contributed by atoms with Crippen molar-refractivity contribution in [3.63, 3.8) is 0 Å². The molecule has 0 saturated heterocycles. The fourth-order valence-corrected chi connectivity index (χ4v) is 6.00. The highest BCUT2D eigenvalue weighted by atomic mass is 32.2. The molecule has 4 rings (SSSR count). The number of ether oxygens (including phenoxy) is 1. The second kappa shape index (κ2) is 11.7. The van der Waals surface area contributed by atoms with Crippen LogP contribution in [0, 0.1) is 5.92 Å². The van der Waals surface area contributed by atoms with Gasteiger partial charge in [0.05, 0.1) is 13.2 Å². The highest BCUT2D eigenvalue weighted by Gasteiger charge is 2.42. The molecule has 0 aromatic heterocycles. The third-order valence-corrected chi connectivity index (χ3v) is 8.13. The van der Waals surface area contributed by atoms with Gasteiger partial charge in [-0.1, -0.05) is 91.9 Å². The van der Waals surface area contributed by atoms with Crippen molar-refractivity contribution >= 4 is 23.9 Å². The Hall–Kier alpha value is -3.25. The summed E-state index contributed by atoms with van der Waals surface area (Å²) >= 11 is 1.45. The Morgan fingerprint density at radius 3 is 2.08 bits per heavy atom. The largest absolute Gasteiger partial charge is 0.449 e. The van der Waals surface area contributed by atoms with E-state index in [2.05, 4.69) is 60.8 Å². The van der Waals surface area contributed by atoms with Gasteiger partial charge in [0.2, 0.25) is 5.91 Å². The van der Waals surface area contributed by atoms with E-state index in [0.717, 1.165) is 16.7 Å². The number of amides is 2. The van der Waals surface area contributed by atoms with Crippen LogP contribution in [0.3, 0.4) is 0 Å². The molecule has 2 atom stereocenters. The molecule has 0 bridgehead atoms. The van der Waals surface area contributed by atoms with Crippen molar-refractivity contribution in [3.8, 4) is 0 Å². The van der Waals surface area contributed by atoms with Crippen LogP contribution >= 0.6 is 11.9 Å². The lowest BCUT2D eigenvalue weighted by Crippen LogP contribution is -2.39. The number of carbonyl (C=O) groups excluding carboxylic acids is 2. The molecule has 1 saturated carbocycles. The van der Waals surface area contributed by atoms with Gasteiger partial charge in [-0.15, -0.1) is 0 Å². The molecule has 1 fully saturated rings. The van der Waals surface area contributed by atoms with E-state index in [1.165, 1.54) is 30.9 Å². The van der Waals surface area contributed by atoms with E-state index in [-0.39, 0.29) is 12.5 Å². The second-order valence-corrected chi connectivity index (χ2v) is 10.5. The monoisotopic (exact) mass is 502 g/mol. The van der Waals surface area contributed by atoms with Crippen LogP contribution in [0.1, 0.15) is 55.4 Å². The minimum atomic E-state index is -0.709. The zero-order chi connectivity index (χ0) is 25.5. The van der Waals surface area contributed by atoms with Gasteiger partial charge in [-0.05, 0) is 59.4 Å². The van der Waals surface area contributed by atoms with Crippen LogP contribution < -0.4 is 5.32 Å². The van der Waals surface area contributed by atoms with Crippen LogP contribution in [0.25, 0.3) is 0 Å². The van der Waals surface area contributed by atoms with E-state index in [1.807, 2.05) is 36.4 Å². The van der Waals surface area contributed by atoms with Gasteiger partial charge < -0.3 is 10.1 Å². The number of rotatable bonds is 10. The van der Waals surface area contributed by atoms with Gasteiger partial charge in [0, 0.05) is 13.5 Å². The van der Waals surface area contributed by atoms with Crippen LogP contribution in [0.15, 0.2) is 84.9 Å². The molecule has 6 heteroatoms. The molecule has 2 amide bonds. The molecule has 0 aliphatic heterocycles. The van der Waals surface area contributed by atoms with Gasteiger partial charge in [0.25, 0.3) is 0 Å². The summed E-state index contributed by atoms with van der Waals surface area (Å²) < 4.78 is 6.39. The zero-order valence-electron chi connectivity index (χ0n) is 21.1. The number of benzene rings is 3. The Kier molecular flexibility index (Phi) is 8.36. The first-order chi connectivity index (χ1) is 17.5. The summed E-state index contributed by atoms with van der Waals surface area (Å²) in [6.07, 6.45) is 0.780. The van der Waals surface area contributed by atoms with E-state index >= 15 is 0 Å². The zero-order valence-corrected chi connectivity index (χ0v) is 22.0. The first-order valence-electron chi connectivity index (χ1n) is 12.5. The van der Waals surface area contributed by atoms with Crippen molar-refractivity contribution < 1.29 is 14.3 Å². The van der Waals surface area contributed by atoms with E-state index in [1.54, 1.807) is 11.2 Å². The molecule has 1 N–H and O–H groups in total. The average molecular weight is 503 g/mol. The minimum Gasteiger partial charge on any atom is -0.449 e. The van der Waals surface area contributed by atoms with Crippen LogP contribution in [0.4, 0.5) is 4.79 Å². The van der Waals surface area contributed by atoms with E-state index < -0.39 is 10.8 Å². The van der Waals surface area contributed by atoms with Crippen molar-refractivity contribution in [1.82, 2.24) is 9.62 Å². The Bertz CT molecular complexity index is 1130. The lowest BCUT2D eigenvalue weighted by molar-refractivity contribution is -0.118. The molecule has 1 aliphatic rings. The summed E-state index contributed by atoms with van der Waals surface area (Å²) in [5.74, 6) is 1.12. The topological polar surface area (TPSA) is 58.6 Å². The molecular weight excluding hydrogens is 468 g/mol. The van der Waals surface area contributed by atoms with Gasteiger partial charge in [-0.3, -0.25) is 4.79 Å². The molecule has 3 aromatic rings. The Balaban J connectivity index is 1.87. The predicted molar refractivity (Wildman–Crippen MR) is 146 cm³/mol. The molecule has 1 unspecified atom stereocenters. The number of nitrogens with zero attached hydrogens (tertiary/aromatic N) is 1. The number of carbonyl (C=O) groups is 2. The van der Waals surface area contributed by atoms with Gasteiger partial charge in [0.15, 0.2) is 0 Å². The SMILES string of the molecule is CCOC(=O)N(CCNC(C)=O)SC(c1ccccc1)(c1ccccc1)c1cccc([C@@H]2CC2C)c1. The quantitative estimate of drug-likeness (QED) is 0.259. The average Bonchev–Trinajstić information content (AvgIpc) is 3.64. The molecule has 0 radical (unpaired) electrons. The van der Waals surface area contributed by atoms with E-state index in [4.69, 9.17) is 4.74 Å². The van der Waals surface area contributed by atoms with Crippen LogP contribution in [-0.4, -0.2) is 36.0 Å². The highest BCUT2D eigenvalue weighted by molar-refractivity contribution is 7.98. The predicted octanol–water partition coefficient (Wildman–Crippen LogP) is 6.34. The normalized spacial score (nSPS) is 16.8. The van der Waals surface area contributed by atoms with Gasteiger partial charge >= 0.3 is 6.09 Å². The highest BCUT2D eigenvalue weighted by Crippen LogP contribution is 2.52. The smallest absolute Gasteiger partial charge is 0.419 e. The Morgan fingerprint density at radius 2 is 1.56 bits per heavy atom. The van der Waals surface area contributed by atoms with Crippen molar-refractivity contribution in [2.75, 3.05) is 19.7 Å². The second-order valence-electron chi connectivity index (χ2n) is 9.23. The summed E-state index contributed by atoms with van der Waals surface area (Å²) in [5, 5.41) is 2.81. The molecule has 36 heavy (non-hydrogen) atoms. The molecule has 5 nitrogen and oxygen atoms in total. The lowest BCUT2D eigenvalue weighted by atomic mass is 9.83. The molecule has 0 spiro atoms. The van der Waals surface area contributed by atoms with Gasteiger partial charge in [-0.2, -0.15) is 0 Å². The first-order valence-corrected chi connectivity index (χ1v) is 13.3. The third kappa shape index (κ3) is 5.76. The van der Waals surface area contributed by atoms with Crippen LogP contribution in [0.2, 0.25) is 0 Å². The van der Waals surface area contributed by atoms with Gasteiger partial charge in [0.1, 0.15) is 4.75 Å². The molecule has 188 valence electrons. The molecule has 3 aromatic carbocycles. The van der Waals surface area contributed by atoms with Crippen LogP contribution in [-0.2, 0) is 14.3 Å². The third-order valence-electron chi connectivity index (χ3n) is 6.60. The minimum absolute atomic E-state index is 0.132. The maximum absolute atomic E-state index is 13.2. The maximum Gasteiger partial charge on any atom is 0.419 e. The standard InChI is InChI=1S/C30H34N2O3S/c1-4-35-29(34)32(19-18-31-23(3)33)36-30(25-13-7-5-8-14-25,26-15-9-6-10-16-26)27-17-11-12-24(21-27)28-20-22(28)2/h5-17,21-22,28H,4,18-20H2,1-3H3,(H,31,33)/t22?,28-/m1/s1. The maximum atomic E-state index is 13.2. The van der Waals surface area contributed by atoms with Crippen molar-refractivity contribution in [2.45, 2.75) is 37.9 Å². The summed E-state index contributed by atoms with van der Waals surface area (Å²) in [4.78, 5) is 24.7. The summed E-state index contributed by atoms with van der Waals surface area (Å²) in [6.45, 7) is 6.48. The Morgan fingerprint density at radius 1 is 0.972 bits per heavy atom. The summed E-state index contributed by atoms with van der Waals surface area (Å²) in [6, 6.07) is 29.4. The molecule has 0 heterocycles. The van der Waals surface area contributed by atoms with E-state index in [9.17, 15) is 9.59 Å². The lowest BCUT2D eigenvalue weighted by Gasteiger charge is -2.38. The number of nitrogens with one attached hydrogen (secondary N) is 1. The van der Waals surface area contributed by atoms with Crippen LogP contribution in [0.5, 0.6) is 0 Å². The summed E-state index contributed by atoms with van der Waals surface area (Å²) in [7, 11) is 0. The first kappa shape index (κ1) is 25.8.